The Bertz CT molecular complexity index is 897. The van der Waals surface area contributed by atoms with Crippen molar-refractivity contribution in [1.82, 2.24) is 15.5 Å². The Balaban J connectivity index is 1.78. The van der Waals surface area contributed by atoms with Crippen molar-refractivity contribution in [3.8, 4) is 28.5 Å². The summed E-state index contributed by atoms with van der Waals surface area (Å²) in [6, 6.07) is 13.2. The summed E-state index contributed by atoms with van der Waals surface area (Å²) in [6.07, 6.45) is 1.52. The lowest BCUT2D eigenvalue weighted by Crippen LogP contribution is -2.23. The number of hydrogen-bond donors (Lipinski definition) is 2. The van der Waals surface area contributed by atoms with Gasteiger partial charge in [0.1, 0.15) is 0 Å². The van der Waals surface area contributed by atoms with Crippen LogP contribution in [-0.2, 0) is 6.54 Å². The third-order valence-corrected chi connectivity index (χ3v) is 4.12. The van der Waals surface area contributed by atoms with Gasteiger partial charge in [-0.15, -0.1) is 0 Å². The summed E-state index contributed by atoms with van der Waals surface area (Å²) in [5, 5.41) is 9.80. The second-order valence-corrected chi connectivity index (χ2v) is 5.74. The molecule has 0 unspecified atom stereocenters. The third-order valence-electron chi connectivity index (χ3n) is 4.12. The molecule has 0 fully saturated rings. The number of carbonyl (C=O) groups is 1. The Hall–Kier alpha value is -3.48. The standard InChI is InChI=1S/C20H21N3O4/c1-25-16-9-13(10-17(26-2)19(16)27-3)11-21-20(24)15-12-22-23-18(15)14-7-5-4-6-8-14/h4-10,12H,11H2,1-3H3,(H,21,24)(H,22,23). The molecule has 3 aromatic rings. The summed E-state index contributed by atoms with van der Waals surface area (Å²) in [6.45, 7) is 0.301. The summed E-state index contributed by atoms with van der Waals surface area (Å²) < 4.78 is 16.0. The number of carbonyl (C=O) groups excluding carboxylic acids is 1. The zero-order valence-electron chi connectivity index (χ0n) is 15.4. The predicted molar refractivity (Wildman–Crippen MR) is 101 cm³/mol. The van der Waals surface area contributed by atoms with Gasteiger partial charge >= 0.3 is 0 Å². The highest BCUT2D eigenvalue weighted by Crippen LogP contribution is 2.38. The van der Waals surface area contributed by atoms with Crippen LogP contribution in [0.15, 0.2) is 48.7 Å². The lowest BCUT2D eigenvalue weighted by atomic mass is 10.1. The Morgan fingerprint density at radius 2 is 1.70 bits per heavy atom. The average molecular weight is 367 g/mol. The molecule has 0 aliphatic rings. The highest BCUT2D eigenvalue weighted by atomic mass is 16.5. The van der Waals surface area contributed by atoms with Gasteiger partial charge in [-0.3, -0.25) is 9.89 Å². The minimum atomic E-state index is -0.226. The van der Waals surface area contributed by atoms with E-state index in [1.54, 1.807) is 33.5 Å². The van der Waals surface area contributed by atoms with Crippen molar-refractivity contribution in [1.29, 1.82) is 0 Å². The van der Waals surface area contributed by atoms with Gasteiger partial charge in [0.2, 0.25) is 5.75 Å². The molecule has 0 spiro atoms. The maximum absolute atomic E-state index is 12.6. The second-order valence-electron chi connectivity index (χ2n) is 5.74. The van der Waals surface area contributed by atoms with Crippen LogP contribution in [0.25, 0.3) is 11.3 Å². The normalized spacial score (nSPS) is 10.3. The fourth-order valence-electron chi connectivity index (χ4n) is 2.80. The number of aromatic amines is 1. The van der Waals surface area contributed by atoms with Crippen LogP contribution >= 0.6 is 0 Å². The van der Waals surface area contributed by atoms with Gasteiger partial charge in [-0.25, -0.2) is 0 Å². The van der Waals surface area contributed by atoms with Gasteiger partial charge in [0.15, 0.2) is 11.5 Å². The van der Waals surface area contributed by atoms with E-state index in [0.717, 1.165) is 11.1 Å². The number of benzene rings is 2. The van der Waals surface area contributed by atoms with Crippen molar-refractivity contribution in [3.05, 3.63) is 59.8 Å². The van der Waals surface area contributed by atoms with E-state index in [1.165, 1.54) is 6.20 Å². The average Bonchev–Trinajstić information content (AvgIpc) is 3.21. The topological polar surface area (TPSA) is 85.5 Å². The molecule has 0 saturated heterocycles. The lowest BCUT2D eigenvalue weighted by Gasteiger charge is -2.14. The minimum absolute atomic E-state index is 0.226. The van der Waals surface area contributed by atoms with Gasteiger partial charge in [-0.2, -0.15) is 5.10 Å². The fraction of sp³-hybridized carbons (Fsp3) is 0.200. The minimum Gasteiger partial charge on any atom is -0.493 e. The predicted octanol–water partition coefficient (Wildman–Crippen LogP) is 3.03. The zero-order chi connectivity index (χ0) is 19.2. The summed E-state index contributed by atoms with van der Waals surface area (Å²) in [4.78, 5) is 12.6. The first-order chi connectivity index (χ1) is 13.2. The first-order valence-corrected chi connectivity index (χ1v) is 8.33. The van der Waals surface area contributed by atoms with Crippen molar-refractivity contribution in [3.63, 3.8) is 0 Å². The highest BCUT2D eigenvalue weighted by molar-refractivity contribution is 5.99. The van der Waals surface area contributed by atoms with Crippen LogP contribution in [0, 0.1) is 0 Å². The Morgan fingerprint density at radius 1 is 1.04 bits per heavy atom. The first-order valence-electron chi connectivity index (χ1n) is 8.33. The molecule has 0 atom stereocenters. The summed E-state index contributed by atoms with van der Waals surface area (Å²) in [5.41, 5.74) is 2.88. The monoisotopic (exact) mass is 367 g/mol. The van der Waals surface area contributed by atoms with Crippen LogP contribution in [0.2, 0.25) is 0 Å². The van der Waals surface area contributed by atoms with Gasteiger partial charge in [0.25, 0.3) is 5.91 Å². The number of amides is 1. The van der Waals surface area contributed by atoms with E-state index in [-0.39, 0.29) is 5.91 Å². The molecule has 0 bridgehead atoms. The number of methoxy groups -OCH3 is 3. The van der Waals surface area contributed by atoms with E-state index >= 15 is 0 Å². The number of aromatic nitrogens is 2. The van der Waals surface area contributed by atoms with Crippen molar-refractivity contribution >= 4 is 5.91 Å². The molecule has 0 saturated carbocycles. The van der Waals surface area contributed by atoms with Crippen LogP contribution in [0.1, 0.15) is 15.9 Å². The van der Waals surface area contributed by atoms with Crippen LogP contribution < -0.4 is 19.5 Å². The molecule has 27 heavy (non-hydrogen) atoms. The molecule has 2 N–H and O–H groups in total. The van der Waals surface area contributed by atoms with Gasteiger partial charge < -0.3 is 19.5 Å². The van der Waals surface area contributed by atoms with Crippen LogP contribution in [0.5, 0.6) is 17.2 Å². The Kier molecular flexibility index (Phi) is 5.61. The highest BCUT2D eigenvalue weighted by Gasteiger charge is 2.17. The number of nitrogens with one attached hydrogen (secondary N) is 2. The molecule has 1 aromatic heterocycles. The summed E-state index contributed by atoms with van der Waals surface area (Å²) in [5.74, 6) is 1.36. The fourth-order valence-corrected chi connectivity index (χ4v) is 2.80. The van der Waals surface area contributed by atoms with Crippen molar-refractivity contribution in [2.45, 2.75) is 6.54 Å². The van der Waals surface area contributed by atoms with Gasteiger partial charge in [-0.05, 0) is 17.7 Å². The van der Waals surface area contributed by atoms with Crippen molar-refractivity contribution in [2.75, 3.05) is 21.3 Å². The summed E-state index contributed by atoms with van der Waals surface area (Å²) >= 11 is 0. The SMILES string of the molecule is COc1cc(CNC(=O)c2cn[nH]c2-c2ccccc2)cc(OC)c1OC. The van der Waals surface area contributed by atoms with Crippen LogP contribution in [0.3, 0.4) is 0 Å². The molecule has 7 nitrogen and oxygen atoms in total. The molecular formula is C20H21N3O4. The van der Waals surface area contributed by atoms with Gasteiger partial charge in [-0.1, -0.05) is 30.3 Å². The molecule has 0 aliphatic heterocycles. The van der Waals surface area contributed by atoms with E-state index < -0.39 is 0 Å². The first kappa shape index (κ1) is 18.3. The van der Waals surface area contributed by atoms with E-state index in [2.05, 4.69) is 15.5 Å². The quantitative estimate of drug-likeness (QED) is 0.670. The second kappa shape index (κ2) is 8.27. The van der Waals surface area contributed by atoms with Crippen LogP contribution in [-0.4, -0.2) is 37.4 Å². The van der Waals surface area contributed by atoms with Gasteiger partial charge in [0.05, 0.1) is 38.8 Å². The third kappa shape index (κ3) is 3.87. The zero-order valence-corrected chi connectivity index (χ0v) is 15.4. The lowest BCUT2D eigenvalue weighted by molar-refractivity contribution is 0.0951. The molecular weight excluding hydrogens is 346 g/mol. The van der Waals surface area contributed by atoms with E-state index in [9.17, 15) is 4.79 Å². The van der Waals surface area contributed by atoms with E-state index in [1.807, 2.05) is 30.3 Å². The Labute approximate surface area is 157 Å². The van der Waals surface area contributed by atoms with Crippen molar-refractivity contribution < 1.29 is 19.0 Å². The largest absolute Gasteiger partial charge is 0.493 e. The molecule has 2 aromatic carbocycles. The smallest absolute Gasteiger partial charge is 0.255 e. The summed E-state index contributed by atoms with van der Waals surface area (Å²) in [7, 11) is 4.65. The maximum atomic E-state index is 12.6. The van der Waals surface area contributed by atoms with E-state index in [4.69, 9.17) is 14.2 Å². The Morgan fingerprint density at radius 3 is 2.30 bits per heavy atom. The molecule has 140 valence electrons. The van der Waals surface area contributed by atoms with Crippen LogP contribution in [0.4, 0.5) is 0 Å². The number of ether oxygens (including phenoxy) is 3. The van der Waals surface area contributed by atoms with E-state index in [0.29, 0.717) is 35.1 Å². The molecule has 1 amide bonds. The number of H-pyrrole nitrogens is 1. The molecule has 3 rings (SSSR count). The number of rotatable bonds is 7. The van der Waals surface area contributed by atoms with Crippen molar-refractivity contribution in [2.24, 2.45) is 0 Å². The molecule has 0 radical (unpaired) electrons. The van der Waals surface area contributed by atoms with Gasteiger partial charge in [0, 0.05) is 12.1 Å². The molecule has 0 aliphatic carbocycles. The maximum Gasteiger partial charge on any atom is 0.255 e. The molecule has 7 heteroatoms. The molecule has 1 heterocycles. The number of nitrogens with zero attached hydrogens (tertiary/aromatic N) is 1. The number of hydrogen-bond acceptors (Lipinski definition) is 5.